The molecule has 0 aliphatic heterocycles. The number of aliphatic hydroxyl groups excluding tert-OH is 1. The molecule has 0 amide bonds. The van der Waals surface area contributed by atoms with Gasteiger partial charge in [0.2, 0.25) is 5.82 Å². The minimum absolute atomic E-state index is 0.0343. The van der Waals surface area contributed by atoms with Gasteiger partial charge in [0.25, 0.3) is 5.89 Å². The third-order valence-corrected chi connectivity index (χ3v) is 3.99. The van der Waals surface area contributed by atoms with Gasteiger partial charge in [0.1, 0.15) is 0 Å². The van der Waals surface area contributed by atoms with E-state index < -0.39 is 5.97 Å². The van der Waals surface area contributed by atoms with E-state index in [1.807, 2.05) is 24.3 Å². The number of nitrogens with zero attached hydrogens (tertiary/aromatic N) is 2. The quantitative estimate of drug-likeness (QED) is 0.591. The Kier molecular flexibility index (Phi) is 6.17. The van der Waals surface area contributed by atoms with Gasteiger partial charge in [0.05, 0.1) is 12.2 Å². The number of aromatic nitrogens is 2. The molecule has 0 spiro atoms. The zero-order valence-electron chi connectivity index (χ0n) is 15.0. The molecule has 0 unspecified atom stereocenters. The number of benzene rings is 2. The first-order chi connectivity index (χ1) is 13.2. The molecule has 1 aromatic heterocycles. The number of aliphatic hydroxyl groups is 1. The van der Waals surface area contributed by atoms with E-state index in [0.29, 0.717) is 23.6 Å². The van der Waals surface area contributed by atoms with Crippen LogP contribution in [0.2, 0.25) is 0 Å². The molecule has 2 aromatic carbocycles. The Balaban J connectivity index is 1.64. The van der Waals surface area contributed by atoms with Gasteiger partial charge >= 0.3 is 5.97 Å². The first-order valence-corrected chi connectivity index (χ1v) is 8.74. The monoisotopic (exact) mass is 367 g/mol. The van der Waals surface area contributed by atoms with E-state index in [2.05, 4.69) is 22.4 Å². The molecule has 3 aromatic rings. The number of anilines is 1. The fourth-order valence-electron chi connectivity index (χ4n) is 2.53. The van der Waals surface area contributed by atoms with Crippen LogP contribution in [0.25, 0.3) is 11.4 Å². The standard InChI is InChI=1S/C20H21N3O4/c1-2-14-7-9-15(10-8-14)19-22-18(27-23-19)13-26-20(25)16-5-3-4-6-17(16)21-11-12-24/h3-10,21,24H,2,11-13H2,1H3. The van der Waals surface area contributed by atoms with Crippen molar-refractivity contribution in [1.82, 2.24) is 10.1 Å². The van der Waals surface area contributed by atoms with Crippen LogP contribution in [0, 0.1) is 0 Å². The highest BCUT2D eigenvalue weighted by atomic mass is 16.6. The van der Waals surface area contributed by atoms with Crippen LogP contribution < -0.4 is 5.32 Å². The van der Waals surface area contributed by atoms with E-state index in [0.717, 1.165) is 12.0 Å². The van der Waals surface area contributed by atoms with Crippen molar-refractivity contribution in [1.29, 1.82) is 0 Å². The number of ether oxygens (including phenoxy) is 1. The molecule has 27 heavy (non-hydrogen) atoms. The van der Waals surface area contributed by atoms with Gasteiger partial charge in [-0.15, -0.1) is 0 Å². The van der Waals surface area contributed by atoms with Gasteiger partial charge in [-0.05, 0) is 24.1 Å². The summed E-state index contributed by atoms with van der Waals surface area (Å²) in [4.78, 5) is 16.6. The van der Waals surface area contributed by atoms with Crippen LogP contribution in [-0.2, 0) is 17.8 Å². The van der Waals surface area contributed by atoms with Gasteiger partial charge in [-0.25, -0.2) is 4.79 Å². The van der Waals surface area contributed by atoms with Gasteiger partial charge in [0, 0.05) is 17.8 Å². The number of aryl methyl sites for hydroxylation is 1. The SMILES string of the molecule is CCc1ccc(-c2noc(COC(=O)c3ccccc3NCCO)n2)cc1. The Labute approximate surface area is 157 Å². The second-order valence-electron chi connectivity index (χ2n) is 5.83. The predicted octanol–water partition coefficient (Wildman–Crippen LogP) is 3.06. The van der Waals surface area contributed by atoms with Crippen molar-refractivity contribution in [3.8, 4) is 11.4 Å². The second-order valence-corrected chi connectivity index (χ2v) is 5.83. The highest BCUT2D eigenvalue weighted by Crippen LogP contribution is 2.19. The fraction of sp³-hybridized carbons (Fsp3) is 0.250. The third-order valence-electron chi connectivity index (χ3n) is 3.99. The van der Waals surface area contributed by atoms with E-state index in [-0.39, 0.29) is 19.1 Å². The van der Waals surface area contributed by atoms with Crippen LogP contribution in [0.5, 0.6) is 0 Å². The van der Waals surface area contributed by atoms with Crippen LogP contribution in [0.3, 0.4) is 0 Å². The minimum Gasteiger partial charge on any atom is -0.452 e. The zero-order chi connectivity index (χ0) is 19.1. The first kappa shape index (κ1) is 18.6. The molecule has 2 N–H and O–H groups in total. The van der Waals surface area contributed by atoms with Crippen molar-refractivity contribution >= 4 is 11.7 Å². The Morgan fingerprint density at radius 1 is 1.19 bits per heavy atom. The lowest BCUT2D eigenvalue weighted by Crippen LogP contribution is -2.12. The second kappa shape index (κ2) is 8.95. The molecule has 0 atom stereocenters. The number of para-hydroxylation sites is 1. The van der Waals surface area contributed by atoms with Crippen LogP contribution in [0.4, 0.5) is 5.69 Å². The number of hydrogen-bond acceptors (Lipinski definition) is 7. The highest BCUT2D eigenvalue weighted by Gasteiger charge is 2.15. The molecule has 140 valence electrons. The summed E-state index contributed by atoms with van der Waals surface area (Å²) in [5, 5.41) is 15.8. The van der Waals surface area contributed by atoms with Gasteiger partial charge in [-0.2, -0.15) is 4.98 Å². The van der Waals surface area contributed by atoms with Gasteiger partial charge in [-0.1, -0.05) is 48.5 Å². The Bertz CT molecular complexity index is 890. The Morgan fingerprint density at radius 2 is 1.96 bits per heavy atom. The van der Waals surface area contributed by atoms with Crippen LogP contribution in [0.1, 0.15) is 28.7 Å². The van der Waals surface area contributed by atoms with Gasteiger partial charge in [-0.3, -0.25) is 0 Å². The summed E-state index contributed by atoms with van der Waals surface area (Å²) in [5.41, 5.74) is 3.04. The number of esters is 1. The highest BCUT2D eigenvalue weighted by molar-refractivity contribution is 5.95. The summed E-state index contributed by atoms with van der Waals surface area (Å²) < 4.78 is 10.5. The minimum atomic E-state index is -0.511. The molecular formula is C20H21N3O4. The Hall–Kier alpha value is -3.19. The van der Waals surface area contributed by atoms with Crippen molar-refractivity contribution in [3.63, 3.8) is 0 Å². The number of carbonyl (C=O) groups excluding carboxylic acids is 1. The van der Waals surface area contributed by atoms with Gasteiger partial charge < -0.3 is 19.7 Å². The van der Waals surface area contributed by atoms with E-state index in [1.165, 1.54) is 5.56 Å². The number of nitrogens with one attached hydrogen (secondary N) is 1. The maximum atomic E-state index is 12.3. The molecule has 0 bridgehead atoms. The van der Waals surface area contributed by atoms with E-state index in [4.69, 9.17) is 14.4 Å². The van der Waals surface area contributed by atoms with Crippen LogP contribution in [0.15, 0.2) is 53.1 Å². The van der Waals surface area contributed by atoms with Crippen molar-refractivity contribution in [2.75, 3.05) is 18.5 Å². The van der Waals surface area contributed by atoms with E-state index in [1.54, 1.807) is 24.3 Å². The molecule has 0 fully saturated rings. The molecule has 7 nitrogen and oxygen atoms in total. The van der Waals surface area contributed by atoms with Gasteiger partial charge in [0.15, 0.2) is 6.61 Å². The maximum absolute atomic E-state index is 12.3. The molecule has 0 aliphatic carbocycles. The average Bonchev–Trinajstić information content (AvgIpc) is 3.20. The lowest BCUT2D eigenvalue weighted by atomic mass is 10.1. The number of carbonyl (C=O) groups is 1. The summed E-state index contributed by atoms with van der Waals surface area (Å²) in [5.74, 6) is 0.163. The largest absolute Gasteiger partial charge is 0.452 e. The van der Waals surface area contributed by atoms with E-state index in [9.17, 15) is 4.79 Å². The molecule has 0 saturated heterocycles. The first-order valence-electron chi connectivity index (χ1n) is 8.74. The normalized spacial score (nSPS) is 10.6. The zero-order valence-corrected chi connectivity index (χ0v) is 15.0. The van der Waals surface area contributed by atoms with Crippen molar-refractivity contribution in [2.24, 2.45) is 0 Å². The number of hydrogen-bond donors (Lipinski definition) is 2. The third kappa shape index (κ3) is 4.71. The van der Waals surface area contributed by atoms with Crippen LogP contribution >= 0.6 is 0 Å². The lowest BCUT2D eigenvalue weighted by Gasteiger charge is -2.09. The molecule has 1 heterocycles. The summed E-state index contributed by atoms with van der Waals surface area (Å²) in [6.07, 6.45) is 0.961. The molecular weight excluding hydrogens is 346 g/mol. The number of rotatable bonds is 8. The predicted molar refractivity (Wildman–Crippen MR) is 100 cm³/mol. The fourth-order valence-corrected chi connectivity index (χ4v) is 2.53. The summed E-state index contributed by atoms with van der Waals surface area (Å²) in [7, 11) is 0. The lowest BCUT2D eigenvalue weighted by molar-refractivity contribution is 0.0431. The molecule has 7 heteroatoms. The van der Waals surface area contributed by atoms with Crippen molar-refractivity contribution < 1.29 is 19.2 Å². The van der Waals surface area contributed by atoms with Crippen molar-refractivity contribution in [3.05, 3.63) is 65.5 Å². The molecule has 0 saturated carbocycles. The summed E-state index contributed by atoms with van der Waals surface area (Å²) >= 11 is 0. The topological polar surface area (TPSA) is 97.5 Å². The molecule has 3 rings (SSSR count). The molecule has 0 radical (unpaired) electrons. The summed E-state index contributed by atoms with van der Waals surface area (Å²) in [6, 6.07) is 14.8. The summed E-state index contributed by atoms with van der Waals surface area (Å²) in [6.45, 7) is 2.28. The average molecular weight is 367 g/mol. The smallest absolute Gasteiger partial charge is 0.340 e. The van der Waals surface area contributed by atoms with E-state index >= 15 is 0 Å². The van der Waals surface area contributed by atoms with Crippen LogP contribution in [-0.4, -0.2) is 34.4 Å². The van der Waals surface area contributed by atoms with Crippen molar-refractivity contribution in [2.45, 2.75) is 20.0 Å². The maximum Gasteiger partial charge on any atom is 0.340 e. The molecule has 0 aliphatic rings. The Morgan fingerprint density at radius 3 is 2.70 bits per heavy atom.